The Balaban J connectivity index is 1.94. The number of ether oxygens (including phenoxy) is 2. The van der Waals surface area contributed by atoms with Crippen molar-refractivity contribution in [3.63, 3.8) is 0 Å². The molecule has 1 aliphatic carbocycles. The highest BCUT2D eigenvalue weighted by atomic mass is 32.2. The Morgan fingerprint density at radius 2 is 1.95 bits per heavy atom. The summed E-state index contributed by atoms with van der Waals surface area (Å²) in [6.45, 7) is 1.22. The maximum atomic E-state index is 11.4. The molecule has 112 valence electrons. The van der Waals surface area contributed by atoms with Crippen molar-refractivity contribution in [1.29, 1.82) is 0 Å². The van der Waals surface area contributed by atoms with E-state index in [0.29, 0.717) is 23.3 Å². The maximum absolute atomic E-state index is 11.4. The third-order valence-electron chi connectivity index (χ3n) is 3.12. The summed E-state index contributed by atoms with van der Waals surface area (Å²) in [4.78, 5) is 0.296. The Bertz CT molecular complexity index is 523. The second kappa shape index (κ2) is 6.56. The minimum atomic E-state index is -3.16. The predicted octanol–water partition coefficient (Wildman–Crippen LogP) is 1.24. The van der Waals surface area contributed by atoms with Crippen molar-refractivity contribution in [3.05, 3.63) is 24.3 Å². The number of rotatable bonds is 8. The first-order valence-electron chi connectivity index (χ1n) is 6.68. The van der Waals surface area contributed by atoms with Gasteiger partial charge in [0.05, 0.1) is 11.5 Å². The summed E-state index contributed by atoms with van der Waals surface area (Å²) in [5.41, 5.74) is 0. The van der Waals surface area contributed by atoms with E-state index in [1.54, 1.807) is 31.4 Å². The molecule has 0 bridgehead atoms. The molecule has 1 aromatic carbocycles. The van der Waals surface area contributed by atoms with E-state index in [1.165, 1.54) is 19.1 Å². The van der Waals surface area contributed by atoms with Crippen LogP contribution in [0, 0.1) is 0 Å². The Morgan fingerprint density at radius 3 is 2.45 bits per heavy atom. The lowest BCUT2D eigenvalue weighted by Crippen LogP contribution is -2.35. The molecule has 1 aromatic rings. The van der Waals surface area contributed by atoms with E-state index in [1.807, 2.05) is 0 Å². The van der Waals surface area contributed by atoms with E-state index in [9.17, 15) is 8.42 Å². The molecule has 5 nitrogen and oxygen atoms in total. The molecular weight excluding hydrogens is 278 g/mol. The number of hydrogen-bond acceptors (Lipinski definition) is 5. The van der Waals surface area contributed by atoms with Crippen LogP contribution in [0.5, 0.6) is 5.75 Å². The van der Waals surface area contributed by atoms with Crippen molar-refractivity contribution in [2.24, 2.45) is 0 Å². The molecule has 0 radical (unpaired) electrons. The summed E-state index contributed by atoms with van der Waals surface area (Å²) in [5.74, 6) is 0.650. The summed E-state index contributed by atoms with van der Waals surface area (Å²) in [5, 5.41) is 3.40. The van der Waals surface area contributed by atoms with Gasteiger partial charge in [0.25, 0.3) is 0 Å². The van der Waals surface area contributed by atoms with Gasteiger partial charge in [0, 0.05) is 26.0 Å². The van der Waals surface area contributed by atoms with Crippen LogP contribution in [0.4, 0.5) is 0 Å². The fourth-order valence-corrected chi connectivity index (χ4v) is 2.49. The number of hydrogen-bond donors (Lipinski definition) is 1. The van der Waals surface area contributed by atoms with Gasteiger partial charge in [-0.15, -0.1) is 0 Å². The lowest BCUT2D eigenvalue weighted by Gasteiger charge is -2.19. The third-order valence-corrected chi connectivity index (χ3v) is 4.25. The van der Waals surface area contributed by atoms with E-state index in [2.05, 4.69) is 5.32 Å². The van der Waals surface area contributed by atoms with E-state index >= 15 is 0 Å². The molecule has 0 amide bonds. The molecule has 1 fully saturated rings. The van der Waals surface area contributed by atoms with Crippen LogP contribution in [-0.4, -0.2) is 47.1 Å². The van der Waals surface area contributed by atoms with Crippen molar-refractivity contribution >= 4 is 9.84 Å². The number of methoxy groups -OCH3 is 1. The molecule has 0 heterocycles. The van der Waals surface area contributed by atoms with Gasteiger partial charge in [-0.2, -0.15) is 0 Å². The molecule has 0 spiro atoms. The van der Waals surface area contributed by atoms with Gasteiger partial charge in [-0.1, -0.05) is 0 Å². The Labute approximate surface area is 120 Å². The summed E-state index contributed by atoms with van der Waals surface area (Å²) >= 11 is 0. The molecule has 1 atom stereocenters. The topological polar surface area (TPSA) is 64.6 Å². The summed E-state index contributed by atoms with van der Waals surface area (Å²) in [6, 6.07) is 7.09. The molecule has 0 aliphatic heterocycles. The average molecular weight is 299 g/mol. The first kappa shape index (κ1) is 15.3. The fourth-order valence-electron chi connectivity index (χ4n) is 1.86. The smallest absolute Gasteiger partial charge is 0.175 e. The Kier molecular flexibility index (Phi) is 5.01. The zero-order valence-corrected chi connectivity index (χ0v) is 12.7. The largest absolute Gasteiger partial charge is 0.487 e. The Morgan fingerprint density at radius 1 is 1.30 bits per heavy atom. The van der Waals surface area contributed by atoms with Gasteiger partial charge < -0.3 is 14.8 Å². The van der Waals surface area contributed by atoms with Crippen LogP contribution >= 0.6 is 0 Å². The van der Waals surface area contributed by atoms with Gasteiger partial charge >= 0.3 is 0 Å². The summed E-state index contributed by atoms with van der Waals surface area (Å²) in [6.07, 6.45) is 3.56. The minimum Gasteiger partial charge on any atom is -0.487 e. The van der Waals surface area contributed by atoms with Gasteiger partial charge in [-0.05, 0) is 37.1 Å². The van der Waals surface area contributed by atoms with Gasteiger partial charge in [0.2, 0.25) is 0 Å². The molecule has 0 aromatic heterocycles. The van der Waals surface area contributed by atoms with E-state index in [0.717, 1.165) is 6.54 Å². The summed E-state index contributed by atoms with van der Waals surface area (Å²) < 4.78 is 33.7. The van der Waals surface area contributed by atoms with E-state index in [4.69, 9.17) is 9.47 Å². The van der Waals surface area contributed by atoms with E-state index in [-0.39, 0.29) is 6.10 Å². The van der Waals surface area contributed by atoms with Crippen LogP contribution in [0.1, 0.15) is 12.8 Å². The molecule has 6 heteroatoms. The summed E-state index contributed by atoms with van der Waals surface area (Å²) in [7, 11) is -1.52. The maximum Gasteiger partial charge on any atom is 0.175 e. The highest BCUT2D eigenvalue weighted by Crippen LogP contribution is 2.20. The first-order chi connectivity index (χ1) is 9.49. The second-order valence-electron chi connectivity index (χ2n) is 5.12. The minimum absolute atomic E-state index is 0.0790. The van der Waals surface area contributed by atoms with Gasteiger partial charge in [-0.25, -0.2) is 8.42 Å². The lowest BCUT2D eigenvalue weighted by molar-refractivity contribution is 0.0803. The predicted molar refractivity (Wildman–Crippen MR) is 76.9 cm³/mol. The standard InChI is InChI=1S/C14H21NO4S/c1-18-10-13(9-15-11-3-4-11)19-12-5-7-14(8-6-12)20(2,16)17/h5-8,11,13,15H,3-4,9-10H2,1-2H3. The molecule has 1 N–H and O–H groups in total. The third kappa shape index (κ3) is 4.77. The molecule has 1 aliphatic rings. The van der Waals surface area contributed by atoms with Gasteiger partial charge in [0.15, 0.2) is 9.84 Å². The molecule has 1 unspecified atom stereocenters. The van der Waals surface area contributed by atoms with Crippen LogP contribution in [0.25, 0.3) is 0 Å². The molecule has 0 saturated heterocycles. The Hall–Kier alpha value is -1.11. The monoisotopic (exact) mass is 299 g/mol. The highest BCUT2D eigenvalue weighted by molar-refractivity contribution is 7.90. The fraction of sp³-hybridized carbons (Fsp3) is 0.571. The number of benzene rings is 1. The quantitative estimate of drug-likeness (QED) is 0.782. The van der Waals surface area contributed by atoms with Gasteiger partial charge in [-0.3, -0.25) is 0 Å². The molecular formula is C14H21NO4S. The van der Waals surface area contributed by atoms with Crippen LogP contribution < -0.4 is 10.1 Å². The highest BCUT2D eigenvalue weighted by Gasteiger charge is 2.22. The van der Waals surface area contributed by atoms with E-state index < -0.39 is 9.84 Å². The van der Waals surface area contributed by atoms with Crippen molar-refractivity contribution < 1.29 is 17.9 Å². The number of sulfone groups is 1. The lowest BCUT2D eigenvalue weighted by atomic mass is 10.3. The number of nitrogens with one attached hydrogen (secondary N) is 1. The molecule has 20 heavy (non-hydrogen) atoms. The molecule has 2 rings (SSSR count). The van der Waals surface area contributed by atoms with Gasteiger partial charge in [0.1, 0.15) is 11.9 Å². The van der Waals surface area contributed by atoms with Crippen molar-refractivity contribution in [2.45, 2.75) is 29.9 Å². The van der Waals surface area contributed by atoms with Crippen LogP contribution in [-0.2, 0) is 14.6 Å². The van der Waals surface area contributed by atoms with Crippen molar-refractivity contribution in [2.75, 3.05) is 26.5 Å². The van der Waals surface area contributed by atoms with Crippen molar-refractivity contribution in [3.8, 4) is 5.75 Å². The van der Waals surface area contributed by atoms with Crippen LogP contribution in [0.2, 0.25) is 0 Å². The second-order valence-corrected chi connectivity index (χ2v) is 7.14. The zero-order valence-electron chi connectivity index (χ0n) is 11.8. The molecule has 1 saturated carbocycles. The van der Waals surface area contributed by atoms with Crippen LogP contribution in [0.15, 0.2) is 29.2 Å². The zero-order chi connectivity index (χ0) is 14.6. The van der Waals surface area contributed by atoms with Crippen molar-refractivity contribution in [1.82, 2.24) is 5.32 Å². The van der Waals surface area contributed by atoms with Crippen LogP contribution in [0.3, 0.4) is 0 Å². The average Bonchev–Trinajstić information content (AvgIpc) is 3.20. The first-order valence-corrected chi connectivity index (χ1v) is 8.57. The SMILES string of the molecule is COCC(CNC1CC1)Oc1ccc(S(C)(=O)=O)cc1. The normalized spacial score (nSPS) is 16.9.